The maximum atomic E-state index is 2.29. The van der Waals surface area contributed by atoms with Gasteiger partial charge in [-0.2, -0.15) is 0 Å². The summed E-state index contributed by atoms with van der Waals surface area (Å²) in [4.78, 5) is 0. The highest BCUT2D eigenvalue weighted by molar-refractivity contribution is 5.78. The number of hydrogen-bond acceptors (Lipinski definition) is 0. The Labute approximate surface area is 205 Å². The molecule has 0 nitrogen and oxygen atoms in total. The molecule has 0 saturated carbocycles. The minimum atomic E-state index is 1.23. The first-order chi connectivity index (χ1) is 16.9. The van der Waals surface area contributed by atoms with E-state index >= 15 is 0 Å². The lowest BCUT2D eigenvalue weighted by Gasteiger charge is -2.10. The van der Waals surface area contributed by atoms with E-state index in [1.54, 1.807) is 0 Å². The molecule has 0 heteroatoms. The zero-order chi connectivity index (χ0) is 24.2. The zero-order valence-corrected chi connectivity index (χ0v) is 20.7. The summed E-state index contributed by atoms with van der Waals surface area (Å²) >= 11 is 0. The van der Waals surface area contributed by atoms with E-state index in [-0.39, 0.29) is 0 Å². The fraction of sp³-hybridized carbons (Fsp3) is 0.118. The maximum absolute atomic E-state index is 2.29. The van der Waals surface area contributed by atoms with E-state index in [0.717, 1.165) is 0 Å². The Morgan fingerprint density at radius 1 is 0.235 bits per heavy atom. The fourth-order valence-corrected chi connectivity index (χ4v) is 3.90. The summed E-state index contributed by atoms with van der Waals surface area (Å²) in [5.41, 5.74) is 9.90. The van der Waals surface area contributed by atoms with Gasteiger partial charge < -0.3 is 0 Å². The van der Waals surface area contributed by atoms with E-state index in [2.05, 4.69) is 133 Å². The summed E-state index contributed by atoms with van der Waals surface area (Å²) in [7, 11) is 0. The minimum absolute atomic E-state index is 1.23. The van der Waals surface area contributed by atoms with Crippen molar-refractivity contribution in [2.24, 2.45) is 0 Å². The summed E-state index contributed by atoms with van der Waals surface area (Å²) in [5, 5.41) is 0. The largest absolute Gasteiger partial charge is 0.0683 e. The minimum Gasteiger partial charge on any atom is -0.0683 e. The summed E-state index contributed by atoms with van der Waals surface area (Å²) in [6, 6.07) is 47.4. The van der Waals surface area contributed by atoms with Gasteiger partial charge in [0.15, 0.2) is 0 Å². The van der Waals surface area contributed by atoms with Gasteiger partial charge in [0.2, 0.25) is 0 Å². The molecule has 0 aliphatic carbocycles. The molecule has 0 saturated heterocycles. The fourth-order valence-electron chi connectivity index (χ4n) is 3.90. The number of hydrogen-bond donors (Lipinski definition) is 0. The second kappa shape index (κ2) is 13.0. The quantitative estimate of drug-likeness (QED) is 0.260. The topological polar surface area (TPSA) is 0 Å². The third-order valence-corrected chi connectivity index (χ3v) is 5.47. The molecule has 0 amide bonds. The highest BCUT2D eigenvalue weighted by Gasteiger charge is 2.05. The van der Waals surface area contributed by atoms with Crippen molar-refractivity contribution in [3.05, 3.63) is 133 Å². The highest BCUT2D eigenvalue weighted by atomic mass is 14.1. The molecule has 0 aliphatic heterocycles. The Balaban J connectivity index is 0.000000771. The number of benzene rings is 5. The van der Waals surface area contributed by atoms with Crippen molar-refractivity contribution >= 4 is 0 Å². The second-order valence-corrected chi connectivity index (χ2v) is 7.47. The Bertz CT molecular complexity index is 1170. The van der Waals surface area contributed by atoms with E-state index in [9.17, 15) is 0 Å². The molecule has 0 heterocycles. The van der Waals surface area contributed by atoms with Crippen molar-refractivity contribution in [2.45, 2.75) is 27.7 Å². The molecule has 0 aromatic heterocycles. The molecule has 0 spiro atoms. The second-order valence-electron chi connectivity index (χ2n) is 7.47. The van der Waals surface area contributed by atoms with Crippen LogP contribution in [0, 0.1) is 0 Å². The summed E-state index contributed by atoms with van der Waals surface area (Å²) < 4.78 is 0. The molecule has 0 unspecified atom stereocenters. The van der Waals surface area contributed by atoms with Crippen LogP contribution in [-0.4, -0.2) is 0 Å². The Morgan fingerprint density at radius 3 is 0.706 bits per heavy atom. The molecular formula is C34H34. The van der Waals surface area contributed by atoms with Crippen LogP contribution in [-0.2, 0) is 0 Å². The van der Waals surface area contributed by atoms with Gasteiger partial charge in [0.25, 0.3) is 0 Å². The van der Waals surface area contributed by atoms with Crippen LogP contribution in [0.1, 0.15) is 27.7 Å². The first-order valence-corrected chi connectivity index (χ1v) is 12.3. The molecule has 0 fully saturated rings. The van der Waals surface area contributed by atoms with Crippen molar-refractivity contribution in [3.63, 3.8) is 0 Å². The van der Waals surface area contributed by atoms with E-state index in [1.165, 1.54) is 44.5 Å². The van der Waals surface area contributed by atoms with Gasteiger partial charge in [-0.3, -0.25) is 0 Å². The van der Waals surface area contributed by atoms with Crippen molar-refractivity contribution in [2.75, 3.05) is 0 Å². The van der Waals surface area contributed by atoms with E-state index in [4.69, 9.17) is 0 Å². The van der Waals surface area contributed by atoms with Crippen LogP contribution in [0.5, 0.6) is 0 Å². The van der Waals surface area contributed by atoms with E-state index < -0.39 is 0 Å². The average Bonchev–Trinajstić information content (AvgIpc) is 2.96. The predicted molar refractivity (Wildman–Crippen MR) is 151 cm³/mol. The predicted octanol–water partition coefficient (Wildman–Crippen LogP) is 10.4. The van der Waals surface area contributed by atoms with Gasteiger partial charge in [0.05, 0.1) is 0 Å². The molecule has 5 aromatic rings. The molecule has 34 heavy (non-hydrogen) atoms. The molecule has 170 valence electrons. The molecule has 0 atom stereocenters. The molecule has 5 rings (SSSR count). The van der Waals surface area contributed by atoms with Crippen molar-refractivity contribution in [1.29, 1.82) is 0 Å². The van der Waals surface area contributed by atoms with Crippen molar-refractivity contribution in [3.8, 4) is 44.5 Å². The van der Waals surface area contributed by atoms with Crippen molar-refractivity contribution < 1.29 is 0 Å². The Hall–Kier alpha value is -3.90. The lowest BCUT2D eigenvalue weighted by atomic mass is 9.95. The SMILES string of the molecule is CC.CC.c1ccc(-c2cccc(-c3cccc(-c4cccc(-c5ccccc5)c4)c3)c2)cc1. The molecule has 0 aliphatic rings. The zero-order valence-electron chi connectivity index (χ0n) is 20.7. The molecule has 0 N–H and O–H groups in total. The van der Waals surface area contributed by atoms with Crippen LogP contribution in [0.3, 0.4) is 0 Å². The lowest BCUT2D eigenvalue weighted by molar-refractivity contribution is 1.50. The Kier molecular flexibility index (Phi) is 9.43. The van der Waals surface area contributed by atoms with Crippen LogP contribution in [0.15, 0.2) is 133 Å². The first-order valence-electron chi connectivity index (χ1n) is 12.3. The van der Waals surface area contributed by atoms with Gasteiger partial charge in [-0.25, -0.2) is 0 Å². The molecule has 0 bridgehead atoms. The summed E-state index contributed by atoms with van der Waals surface area (Å²) in [6.45, 7) is 8.00. The van der Waals surface area contributed by atoms with Crippen LogP contribution >= 0.6 is 0 Å². The van der Waals surface area contributed by atoms with Crippen LogP contribution in [0.2, 0.25) is 0 Å². The highest BCUT2D eigenvalue weighted by Crippen LogP contribution is 2.31. The smallest absolute Gasteiger partial charge is 0.0178 e. The van der Waals surface area contributed by atoms with Gasteiger partial charge in [0, 0.05) is 0 Å². The van der Waals surface area contributed by atoms with E-state index in [0.29, 0.717) is 0 Å². The van der Waals surface area contributed by atoms with Crippen molar-refractivity contribution in [1.82, 2.24) is 0 Å². The van der Waals surface area contributed by atoms with Gasteiger partial charge in [-0.1, -0.05) is 143 Å². The lowest BCUT2D eigenvalue weighted by Crippen LogP contribution is -1.84. The third-order valence-electron chi connectivity index (χ3n) is 5.47. The van der Waals surface area contributed by atoms with Crippen LogP contribution < -0.4 is 0 Å². The van der Waals surface area contributed by atoms with E-state index in [1.807, 2.05) is 27.7 Å². The monoisotopic (exact) mass is 442 g/mol. The Morgan fingerprint density at radius 2 is 0.441 bits per heavy atom. The molecule has 5 aromatic carbocycles. The van der Waals surface area contributed by atoms with Crippen LogP contribution in [0.4, 0.5) is 0 Å². The van der Waals surface area contributed by atoms with Gasteiger partial charge in [0.1, 0.15) is 0 Å². The standard InChI is InChI=1S/C30H22.2C2H6/c1-3-10-23(11-4-1)25-14-7-16-27(20-25)29-18-9-19-30(22-29)28-17-8-15-26(21-28)24-12-5-2-6-13-24;2*1-2/h1-22H;2*1-2H3. The normalized spacial score (nSPS) is 9.76. The molecule has 0 radical (unpaired) electrons. The first kappa shape index (κ1) is 24.7. The van der Waals surface area contributed by atoms with Gasteiger partial charge in [-0.15, -0.1) is 0 Å². The van der Waals surface area contributed by atoms with Crippen LogP contribution in [0.25, 0.3) is 44.5 Å². The average molecular weight is 443 g/mol. The third kappa shape index (κ3) is 6.11. The summed E-state index contributed by atoms with van der Waals surface area (Å²) in [5.74, 6) is 0. The summed E-state index contributed by atoms with van der Waals surface area (Å²) in [6.07, 6.45) is 0. The maximum Gasteiger partial charge on any atom is -0.0178 e. The molecular weight excluding hydrogens is 408 g/mol. The number of rotatable bonds is 4. The van der Waals surface area contributed by atoms with Gasteiger partial charge in [-0.05, 0) is 62.7 Å². The van der Waals surface area contributed by atoms with Gasteiger partial charge >= 0.3 is 0 Å².